The quantitative estimate of drug-likeness (QED) is 0.116. The number of carbonyl (C=O) groups is 3. The zero-order valence-corrected chi connectivity index (χ0v) is 44.6. The number of phenolic OH excluding ortho intramolecular Hbond substituents is 1. The topological polar surface area (TPSA) is 196 Å². The Labute approximate surface area is 404 Å². The Morgan fingerprint density at radius 1 is 0.597 bits per heavy atom. The number of ketones is 3. The standard InChI is InChI=1S/C20H30O4.C13H24O3.C13H22O2.C7H8O2.C2H3N/c1-19(2,3)17(21)13-12-16(18(22)20(4,5)6)24-15-10-8-14(23-7)9-11-15;1-12(2,3)10(15)8-7-9(14)11(16)13(4,5)6;1-12(2,3)10(14)8-7-9-11(15-9)13(4,5)6;1-9-7-4-2-6(8)3-5-7;1-2-3/h8-13,16,18,22H,1-7H3;7-9,11,14,16H,1-6H3;7-9,11H,1-6H3;2-5,8H,1H3;1H3/b13-12+;2*8-7+;;/t16-,18+;2*9-,11+;;/m000../s1. The van der Waals surface area contributed by atoms with Crippen molar-refractivity contribution in [1.29, 1.82) is 5.26 Å². The highest BCUT2D eigenvalue weighted by molar-refractivity contribution is 5.94. The van der Waals surface area contributed by atoms with Crippen LogP contribution in [-0.2, 0) is 19.1 Å². The van der Waals surface area contributed by atoms with E-state index in [1.165, 1.54) is 25.2 Å². The van der Waals surface area contributed by atoms with Gasteiger partial charge in [0.2, 0.25) is 0 Å². The van der Waals surface area contributed by atoms with E-state index in [1.807, 2.05) is 110 Å². The Balaban J connectivity index is 0. The molecule has 0 bridgehead atoms. The highest BCUT2D eigenvalue weighted by atomic mass is 16.6. The maximum atomic E-state index is 12.1. The van der Waals surface area contributed by atoms with Gasteiger partial charge in [-0.1, -0.05) is 131 Å². The first-order valence-corrected chi connectivity index (χ1v) is 22.6. The number of aliphatic hydroxyl groups excluding tert-OH is 3. The Morgan fingerprint density at radius 2 is 0.940 bits per heavy atom. The van der Waals surface area contributed by atoms with Gasteiger partial charge >= 0.3 is 0 Å². The lowest BCUT2D eigenvalue weighted by atomic mass is 9.84. The monoisotopic (exact) mass is 938 g/mol. The van der Waals surface area contributed by atoms with Gasteiger partial charge in [0, 0.05) is 23.2 Å². The van der Waals surface area contributed by atoms with Crippen molar-refractivity contribution in [3.05, 3.63) is 85.0 Å². The van der Waals surface area contributed by atoms with Gasteiger partial charge in [-0.2, -0.15) is 5.26 Å². The molecule has 2 aromatic rings. The highest BCUT2D eigenvalue weighted by Gasteiger charge is 2.45. The van der Waals surface area contributed by atoms with E-state index < -0.39 is 40.7 Å². The van der Waals surface area contributed by atoms with Crippen LogP contribution in [0, 0.1) is 43.8 Å². The SMILES string of the molecule is CC#N.CC(C)(C)C(=O)/C=C/[C@@H]1O[C@H]1C(C)(C)C.CC(C)(C)C(=O)/C=C/[C@H](O)[C@@H](O)C(C)(C)C.COc1ccc(O)cc1.COc1ccc(O[C@@H](/C=C/C(=O)C(C)(C)C)[C@@H](O)C(C)(C)C)cc1. The third-order valence-electron chi connectivity index (χ3n) is 9.73. The van der Waals surface area contributed by atoms with E-state index in [2.05, 4.69) is 20.8 Å². The summed E-state index contributed by atoms with van der Waals surface area (Å²) in [6.45, 7) is 36.0. The molecular formula is C55H87NO11. The Morgan fingerprint density at radius 3 is 1.27 bits per heavy atom. The molecule has 0 radical (unpaired) electrons. The molecule has 67 heavy (non-hydrogen) atoms. The molecule has 12 nitrogen and oxygen atoms in total. The van der Waals surface area contributed by atoms with Crippen LogP contribution >= 0.6 is 0 Å². The molecule has 0 aromatic heterocycles. The first kappa shape index (κ1) is 64.3. The molecule has 0 aliphatic carbocycles. The summed E-state index contributed by atoms with van der Waals surface area (Å²) in [5.41, 5.74) is -1.83. The number of hydrogen-bond donors (Lipinski definition) is 4. The van der Waals surface area contributed by atoms with E-state index in [4.69, 9.17) is 29.3 Å². The molecule has 1 saturated heterocycles. The van der Waals surface area contributed by atoms with Crippen molar-refractivity contribution in [2.75, 3.05) is 14.2 Å². The van der Waals surface area contributed by atoms with Crippen molar-refractivity contribution in [3.63, 3.8) is 0 Å². The van der Waals surface area contributed by atoms with Gasteiger partial charge < -0.3 is 39.4 Å². The number of ether oxygens (including phenoxy) is 4. The van der Waals surface area contributed by atoms with Crippen LogP contribution in [-0.4, -0.2) is 88.6 Å². The minimum Gasteiger partial charge on any atom is -0.508 e. The average molecular weight is 938 g/mol. The van der Waals surface area contributed by atoms with Gasteiger partial charge in [0.15, 0.2) is 17.3 Å². The predicted molar refractivity (Wildman–Crippen MR) is 269 cm³/mol. The third-order valence-corrected chi connectivity index (χ3v) is 9.73. The van der Waals surface area contributed by atoms with E-state index in [0.717, 1.165) is 11.5 Å². The molecular weight excluding hydrogens is 851 g/mol. The number of aliphatic hydroxyl groups is 3. The molecule has 2 aromatic carbocycles. The van der Waals surface area contributed by atoms with Gasteiger partial charge in [-0.25, -0.2) is 0 Å². The Hall–Kier alpha value is -4.80. The van der Waals surface area contributed by atoms with Crippen LogP contribution < -0.4 is 14.2 Å². The highest BCUT2D eigenvalue weighted by Crippen LogP contribution is 2.39. The van der Waals surface area contributed by atoms with Crippen molar-refractivity contribution in [1.82, 2.24) is 0 Å². The molecule has 0 amide bonds. The molecule has 0 unspecified atom stereocenters. The molecule has 0 saturated carbocycles. The first-order chi connectivity index (χ1) is 30.3. The molecule has 4 N–H and O–H groups in total. The second-order valence-corrected chi connectivity index (χ2v) is 22.6. The van der Waals surface area contributed by atoms with Crippen LogP contribution in [0.5, 0.6) is 23.0 Å². The van der Waals surface area contributed by atoms with Gasteiger partial charge in [0.05, 0.1) is 44.7 Å². The summed E-state index contributed by atoms with van der Waals surface area (Å²) >= 11 is 0. The van der Waals surface area contributed by atoms with E-state index in [1.54, 1.807) is 81.0 Å². The van der Waals surface area contributed by atoms with E-state index in [0.29, 0.717) is 5.75 Å². The lowest BCUT2D eigenvalue weighted by Crippen LogP contribution is -2.40. The normalized spacial score (nSPS) is 17.0. The second-order valence-electron chi connectivity index (χ2n) is 22.6. The zero-order valence-electron chi connectivity index (χ0n) is 44.6. The fourth-order valence-corrected chi connectivity index (χ4v) is 4.98. The molecule has 6 atom stereocenters. The van der Waals surface area contributed by atoms with Crippen LogP contribution in [0.25, 0.3) is 0 Å². The fourth-order valence-electron chi connectivity index (χ4n) is 4.98. The predicted octanol–water partition coefficient (Wildman–Crippen LogP) is 10.8. The number of allylic oxidation sites excluding steroid dienone is 3. The molecule has 3 rings (SSSR count). The number of benzene rings is 2. The largest absolute Gasteiger partial charge is 0.508 e. The minimum atomic E-state index is -1.01. The molecule has 378 valence electrons. The molecule has 1 aliphatic heterocycles. The summed E-state index contributed by atoms with van der Waals surface area (Å²) in [6, 6.07) is 15.5. The van der Waals surface area contributed by atoms with Crippen LogP contribution in [0.3, 0.4) is 0 Å². The lowest BCUT2D eigenvalue weighted by Gasteiger charge is -2.31. The number of nitrogens with zero attached hydrogens (tertiary/aromatic N) is 1. The fraction of sp³-hybridized carbons (Fsp3) is 0.600. The number of epoxide rings is 1. The van der Waals surface area contributed by atoms with Gasteiger partial charge in [-0.05, 0) is 95.2 Å². The number of nitriles is 1. The molecule has 1 aliphatic rings. The lowest BCUT2D eigenvalue weighted by molar-refractivity contribution is -0.122. The molecule has 1 heterocycles. The molecule has 1 fully saturated rings. The van der Waals surface area contributed by atoms with Crippen molar-refractivity contribution >= 4 is 17.3 Å². The van der Waals surface area contributed by atoms with Crippen LogP contribution in [0.4, 0.5) is 0 Å². The average Bonchev–Trinajstić information content (AvgIpc) is 4.00. The summed E-state index contributed by atoms with van der Waals surface area (Å²) in [4.78, 5) is 35.3. The van der Waals surface area contributed by atoms with Crippen molar-refractivity contribution in [2.45, 2.75) is 168 Å². The number of carbonyl (C=O) groups excluding carboxylic acids is 3. The van der Waals surface area contributed by atoms with Crippen LogP contribution in [0.2, 0.25) is 0 Å². The van der Waals surface area contributed by atoms with E-state index >= 15 is 0 Å². The summed E-state index contributed by atoms with van der Waals surface area (Å²) < 4.78 is 21.4. The zero-order chi connectivity index (χ0) is 52.9. The second kappa shape index (κ2) is 27.9. The Kier molecular flexibility index (Phi) is 26.7. The van der Waals surface area contributed by atoms with E-state index in [-0.39, 0.29) is 51.6 Å². The first-order valence-electron chi connectivity index (χ1n) is 22.6. The maximum absolute atomic E-state index is 12.1. The third kappa shape index (κ3) is 27.6. The van der Waals surface area contributed by atoms with Crippen LogP contribution in [0.15, 0.2) is 85.0 Å². The van der Waals surface area contributed by atoms with Gasteiger partial charge in [0.1, 0.15) is 35.2 Å². The summed E-state index contributed by atoms with van der Waals surface area (Å²) in [6.07, 6.45) is 6.55. The summed E-state index contributed by atoms with van der Waals surface area (Å²) in [5, 5.41) is 46.2. The van der Waals surface area contributed by atoms with Crippen molar-refractivity contribution in [2.24, 2.45) is 32.5 Å². The van der Waals surface area contributed by atoms with E-state index in [9.17, 15) is 29.7 Å². The Bertz CT molecular complexity index is 1900. The minimum absolute atomic E-state index is 0.00746. The summed E-state index contributed by atoms with van der Waals surface area (Å²) in [5.74, 6) is 2.44. The van der Waals surface area contributed by atoms with Crippen molar-refractivity contribution < 1.29 is 53.8 Å². The number of rotatable bonds is 12. The van der Waals surface area contributed by atoms with Crippen molar-refractivity contribution in [3.8, 4) is 29.1 Å². The summed E-state index contributed by atoms with van der Waals surface area (Å²) in [7, 11) is 3.19. The van der Waals surface area contributed by atoms with Gasteiger partial charge in [-0.15, -0.1) is 0 Å². The number of phenols is 1. The smallest absolute Gasteiger partial charge is 0.160 e. The molecule has 0 spiro atoms. The van der Waals surface area contributed by atoms with Gasteiger partial charge in [0.25, 0.3) is 0 Å². The van der Waals surface area contributed by atoms with Crippen LogP contribution in [0.1, 0.15) is 132 Å². The molecule has 12 heteroatoms. The number of methoxy groups -OCH3 is 2. The van der Waals surface area contributed by atoms with Gasteiger partial charge in [-0.3, -0.25) is 14.4 Å². The maximum Gasteiger partial charge on any atom is 0.160 e. The number of aromatic hydroxyl groups is 1. The number of hydrogen-bond acceptors (Lipinski definition) is 12.